The van der Waals surface area contributed by atoms with E-state index < -0.39 is 11.7 Å². The molecule has 2 heterocycles. The van der Waals surface area contributed by atoms with Gasteiger partial charge in [0.15, 0.2) is 5.82 Å². The average molecular weight is 426 g/mol. The molecule has 1 unspecified atom stereocenters. The van der Waals surface area contributed by atoms with Crippen LogP contribution in [0, 0.1) is 5.82 Å². The van der Waals surface area contributed by atoms with Crippen molar-refractivity contribution in [3.8, 4) is 11.4 Å². The normalized spacial score (nSPS) is 17.3. The Kier molecular flexibility index (Phi) is 4.53. The summed E-state index contributed by atoms with van der Waals surface area (Å²) in [5.74, 6) is 0.572. The molecule has 0 saturated carbocycles. The Bertz CT molecular complexity index is 1220. The number of fused-ring (bicyclic) bond motifs is 2. The summed E-state index contributed by atoms with van der Waals surface area (Å²) in [7, 11) is 0. The second-order valence-electron chi connectivity index (χ2n) is 7.70. The Morgan fingerprint density at radius 2 is 1.74 bits per heavy atom. The molecular formula is C23H18F4N4. The van der Waals surface area contributed by atoms with E-state index in [1.54, 1.807) is 19.1 Å². The number of benzene rings is 2. The molecule has 5 rings (SSSR count). The summed E-state index contributed by atoms with van der Waals surface area (Å²) in [5, 5.41) is 3.17. The molecule has 31 heavy (non-hydrogen) atoms. The summed E-state index contributed by atoms with van der Waals surface area (Å²) >= 11 is 0. The second kappa shape index (κ2) is 7.14. The van der Waals surface area contributed by atoms with Gasteiger partial charge in [-0.15, -0.1) is 0 Å². The number of hydrogen-bond donors (Lipinski definition) is 1. The van der Waals surface area contributed by atoms with Crippen molar-refractivity contribution in [3.63, 3.8) is 0 Å². The number of aromatic nitrogens is 2. The standard InChI is InChI=1S/C23H18F4N4/c1-12-19-15(8-4-10-17(19)24)22(28-12)31-21-14-7-5-11-18(14)29-20(30-21)13-6-2-3-9-16(13)23(25,26)27/h2-4,6,8-10,12H,5,7,11H2,1H3,(H,28,29,30,31). The molecule has 0 radical (unpaired) electrons. The minimum atomic E-state index is -4.52. The molecule has 1 aliphatic carbocycles. The average Bonchev–Trinajstić information content (AvgIpc) is 3.33. The molecule has 2 aliphatic rings. The fourth-order valence-electron chi connectivity index (χ4n) is 4.29. The van der Waals surface area contributed by atoms with Crippen LogP contribution >= 0.6 is 0 Å². The van der Waals surface area contributed by atoms with Crippen LogP contribution in [0.15, 0.2) is 47.5 Å². The fourth-order valence-corrected chi connectivity index (χ4v) is 4.29. The summed E-state index contributed by atoms with van der Waals surface area (Å²) in [5.41, 5.74) is 1.89. The van der Waals surface area contributed by atoms with Gasteiger partial charge < -0.3 is 5.32 Å². The van der Waals surface area contributed by atoms with Gasteiger partial charge in [-0.05, 0) is 38.3 Å². The van der Waals surface area contributed by atoms with Crippen molar-refractivity contribution in [1.29, 1.82) is 0 Å². The molecule has 0 amide bonds. The highest BCUT2D eigenvalue weighted by molar-refractivity contribution is 6.11. The smallest absolute Gasteiger partial charge is 0.324 e. The molecule has 0 fully saturated rings. The van der Waals surface area contributed by atoms with Crippen LogP contribution in [0.25, 0.3) is 11.4 Å². The van der Waals surface area contributed by atoms with Gasteiger partial charge in [0, 0.05) is 27.9 Å². The Hall–Kier alpha value is -3.29. The summed E-state index contributed by atoms with van der Waals surface area (Å²) < 4.78 is 55.0. The third-order valence-corrected chi connectivity index (χ3v) is 5.69. The first-order valence-corrected chi connectivity index (χ1v) is 10.0. The van der Waals surface area contributed by atoms with E-state index in [9.17, 15) is 17.6 Å². The zero-order valence-electron chi connectivity index (χ0n) is 16.6. The number of rotatable bonds is 2. The maximum absolute atomic E-state index is 14.3. The third-order valence-electron chi connectivity index (χ3n) is 5.69. The highest BCUT2D eigenvalue weighted by Crippen LogP contribution is 2.38. The van der Waals surface area contributed by atoms with Crippen molar-refractivity contribution in [2.75, 3.05) is 5.32 Å². The Morgan fingerprint density at radius 3 is 2.55 bits per heavy atom. The predicted octanol–water partition coefficient (Wildman–Crippen LogP) is 5.72. The van der Waals surface area contributed by atoms with Crippen molar-refractivity contribution in [2.45, 2.75) is 38.4 Å². The summed E-state index contributed by atoms with van der Waals surface area (Å²) in [6.45, 7) is 1.80. The van der Waals surface area contributed by atoms with Crippen LogP contribution in [-0.4, -0.2) is 15.8 Å². The maximum atomic E-state index is 14.3. The molecule has 1 atom stereocenters. The first-order valence-electron chi connectivity index (χ1n) is 10.0. The molecule has 0 bridgehead atoms. The van der Waals surface area contributed by atoms with Gasteiger partial charge >= 0.3 is 6.18 Å². The lowest BCUT2D eigenvalue weighted by Gasteiger charge is -2.15. The zero-order chi connectivity index (χ0) is 21.8. The number of anilines is 1. The summed E-state index contributed by atoms with van der Waals surface area (Å²) in [6, 6.07) is 9.70. The Balaban J connectivity index is 1.61. The van der Waals surface area contributed by atoms with Crippen LogP contribution in [0.2, 0.25) is 0 Å². The molecule has 8 heteroatoms. The van der Waals surface area contributed by atoms with Gasteiger partial charge in [-0.25, -0.2) is 14.4 Å². The number of nitrogens with one attached hydrogen (secondary N) is 1. The first kappa shape index (κ1) is 19.7. The Labute approximate surface area is 176 Å². The van der Waals surface area contributed by atoms with E-state index in [0.717, 1.165) is 30.2 Å². The number of halogens is 4. The minimum absolute atomic E-state index is 0.0159. The van der Waals surface area contributed by atoms with Gasteiger partial charge in [-0.1, -0.05) is 30.3 Å². The number of amidine groups is 1. The minimum Gasteiger partial charge on any atom is -0.324 e. The maximum Gasteiger partial charge on any atom is 0.417 e. The SMILES string of the molecule is CC1N=C(Nc2nc(-c3ccccc3C(F)(F)F)nc3c2CCC3)c2cccc(F)c21. The van der Waals surface area contributed by atoms with Crippen LogP contribution in [0.4, 0.5) is 23.4 Å². The molecule has 1 aliphatic heterocycles. The van der Waals surface area contributed by atoms with Crippen LogP contribution < -0.4 is 5.32 Å². The van der Waals surface area contributed by atoms with Gasteiger partial charge in [-0.2, -0.15) is 13.2 Å². The zero-order valence-corrected chi connectivity index (χ0v) is 16.6. The molecule has 3 aromatic rings. The quantitative estimate of drug-likeness (QED) is 0.533. The topological polar surface area (TPSA) is 50.2 Å². The van der Waals surface area contributed by atoms with Gasteiger partial charge in [0.05, 0.1) is 11.6 Å². The van der Waals surface area contributed by atoms with Crippen molar-refractivity contribution < 1.29 is 17.6 Å². The first-order chi connectivity index (χ1) is 14.8. The van der Waals surface area contributed by atoms with E-state index >= 15 is 0 Å². The van der Waals surface area contributed by atoms with E-state index in [4.69, 9.17) is 0 Å². The van der Waals surface area contributed by atoms with E-state index in [0.29, 0.717) is 29.2 Å². The van der Waals surface area contributed by atoms with Gasteiger partial charge in [0.1, 0.15) is 17.5 Å². The van der Waals surface area contributed by atoms with E-state index in [-0.39, 0.29) is 23.2 Å². The number of nitrogens with zero attached hydrogens (tertiary/aromatic N) is 3. The molecular weight excluding hydrogens is 408 g/mol. The van der Waals surface area contributed by atoms with Gasteiger partial charge in [-0.3, -0.25) is 4.99 Å². The molecule has 2 aromatic carbocycles. The molecule has 1 aromatic heterocycles. The van der Waals surface area contributed by atoms with Crippen LogP contribution in [0.1, 0.15) is 47.3 Å². The van der Waals surface area contributed by atoms with E-state index in [2.05, 4.69) is 20.3 Å². The lowest BCUT2D eigenvalue weighted by molar-refractivity contribution is -0.137. The second-order valence-corrected chi connectivity index (χ2v) is 7.70. The van der Waals surface area contributed by atoms with Crippen molar-refractivity contribution in [1.82, 2.24) is 9.97 Å². The van der Waals surface area contributed by atoms with Gasteiger partial charge in [0.25, 0.3) is 0 Å². The van der Waals surface area contributed by atoms with Crippen LogP contribution in [0.3, 0.4) is 0 Å². The van der Waals surface area contributed by atoms with Crippen LogP contribution in [0.5, 0.6) is 0 Å². The number of alkyl halides is 3. The molecule has 0 saturated heterocycles. The highest BCUT2D eigenvalue weighted by Gasteiger charge is 2.35. The lowest BCUT2D eigenvalue weighted by atomic mass is 10.0. The fraction of sp³-hybridized carbons (Fsp3) is 0.261. The van der Waals surface area contributed by atoms with Crippen molar-refractivity contribution in [2.24, 2.45) is 4.99 Å². The number of aliphatic imine (C=N–C) groups is 1. The monoisotopic (exact) mass is 426 g/mol. The van der Waals surface area contributed by atoms with Gasteiger partial charge in [0.2, 0.25) is 0 Å². The number of hydrogen-bond acceptors (Lipinski definition) is 4. The number of aryl methyl sites for hydroxylation is 1. The van der Waals surface area contributed by atoms with Crippen LogP contribution in [-0.2, 0) is 19.0 Å². The Morgan fingerprint density at radius 1 is 0.968 bits per heavy atom. The highest BCUT2D eigenvalue weighted by atomic mass is 19.4. The molecule has 4 nitrogen and oxygen atoms in total. The van der Waals surface area contributed by atoms with E-state index in [1.165, 1.54) is 24.3 Å². The van der Waals surface area contributed by atoms with E-state index in [1.807, 2.05) is 0 Å². The summed E-state index contributed by atoms with van der Waals surface area (Å²) in [6.07, 6.45) is -2.29. The van der Waals surface area contributed by atoms with Crippen molar-refractivity contribution >= 4 is 11.7 Å². The summed E-state index contributed by atoms with van der Waals surface area (Å²) in [4.78, 5) is 13.5. The molecule has 1 N–H and O–H groups in total. The predicted molar refractivity (Wildman–Crippen MR) is 109 cm³/mol. The molecule has 158 valence electrons. The third kappa shape index (κ3) is 3.36. The molecule has 0 spiro atoms. The largest absolute Gasteiger partial charge is 0.417 e. The van der Waals surface area contributed by atoms with Crippen molar-refractivity contribution in [3.05, 3.63) is 76.2 Å². The lowest BCUT2D eigenvalue weighted by Crippen LogP contribution is -2.16.